The number of nitrogens with zero attached hydrogens (tertiary/aromatic N) is 2. The number of para-hydroxylation sites is 1. The summed E-state index contributed by atoms with van der Waals surface area (Å²) >= 11 is 0. The SMILES string of the molecule is CCc1ccc(C(=O)N2CCN(c3ccccc3S(=O)(=O)C(F)(F)F)CC2)cc1. The van der Waals surface area contributed by atoms with Crippen LogP contribution in [0.1, 0.15) is 22.8 Å². The largest absolute Gasteiger partial charge is 0.501 e. The molecule has 1 saturated heterocycles. The first kappa shape index (κ1) is 21.2. The molecular formula is C20H21F3N2O3S. The fourth-order valence-electron chi connectivity index (χ4n) is 3.29. The van der Waals surface area contributed by atoms with E-state index >= 15 is 0 Å². The van der Waals surface area contributed by atoms with Crippen molar-refractivity contribution in [3.05, 3.63) is 59.7 Å². The highest BCUT2D eigenvalue weighted by molar-refractivity contribution is 7.92. The summed E-state index contributed by atoms with van der Waals surface area (Å²) in [6.07, 6.45) is 0.868. The van der Waals surface area contributed by atoms with Crippen LogP contribution < -0.4 is 4.90 Å². The average Bonchev–Trinajstić information content (AvgIpc) is 2.72. The molecule has 1 fully saturated rings. The van der Waals surface area contributed by atoms with Crippen molar-refractivity contribution in [3.63, 3.8) is 0 Å². The second-order valence-corrected chi connectivity index (χ2v) is 8.66. The Hall–Kier alpha value is -2.55. The number of anilines is 1. The Bertz CT molecular complexity index is 981. The van der Waals surface area contributed by atoms with Gasteiger partial charge in [0, 0.05) is 31.7 Å². The molecule has 0 unspecified atom stereocenters. The summed E-state index contributed by atoms with van der Waals surface area (Å²) in [4.78, 5) is 15.1. The molecule has 5 nitrogen and oxygen atoms in total. The number of alkyl halides is 3. The van der Waals surface area contributed by atoms with Gasteiger partial charge in [0.15, 0.2) is 0 Å². The number of amides is 1. The second-order valence-electron chi connectivity index (χ2n) is 6.75. The lowest BCUT2D eigenvalue weighted by molar-refractivity contribution is -0.0435. The molecule has 29 heavy (non-hydrogen) atoms. The average molecular weight is 426 g/mol. The molecular weight excluding hydrogens is 405 g/mol. The van der Waals surface area contributed by atoms with Gasteiger partial charge in [-0.1, -0.05) is 31.2 Å². The summed E-state index contributed by atoms with van der Waals surface area (Å²) in [7, 11) is -5.46. The minimum atomic E-state index is -5.46. The smallest absolute Gasteiger partial charge is 0.367 e. The van der Waals surface area contributed by atoms with Gasteiger partial charge in [-0.2, -0.15) is 13.2 Å². The third kappa shape index (κ3) is 4.24. The van der Waals surface area contributed by atoms with Gasteiger partial charge < -0.3 is 9.80 Å². The van der Waals surface area contributed by atoms with Crippen molar-refractivity contribution >= 4 is 21.4 Å². The summed E-state index contributed by atoms with van der Waals surface area (Å²) in [6.45, 7) is 3.07. The van der Waals surface area contributed by atoms with Crippen LogP contribution >= 0.6 is 0 Å². The quantitative estimate of drug-likeness (QED) is 0.751. The van der Waals surface area contributed by atoms with Crippen LogP contribution in [0.15, 0.2) is 53.4 Å². The highest BCUT2D eigenvalue weighted by Crippen LogP contribution is 2.36. The van der Waals surface area contributed by atoms with Gasteiger partial charge in [-0.25, -0.2) is 8.42 Å². The normalized spacial score (nSPS) is 15.4. The molecule has 1 aliphatic heterocycles. The first-order chi connectivity index (χ1) is 13.6. The van der Waals surface area contributed by atoms with Crippen LogP contribution in [0.4, 0.5) is 18.9 Å². The molecule has 2 aromatic rings. The molecule has 0 saturated carbocycles. The van der Waals surface area contributed by atoms with Crippen molar-refractivity contribution in [1.82, 2.24) is 4.90 Å². The monoisotopic (exact) mass is 426 g/mol. The van der Waals surface area contributed by atoms with E-state index in [2.05, 4.69) is 0 Å². The standard InChI is InChI=1S/C20H21F3N2O3S/c1-2-15-7-9-16(10-8-15)19(26)25-13-11-24(12-14-25)17-5-3-4-6-18(17)29(27,28)20(21,22)23/h3-10H,2,11-14H2,1H3. The maximum atomic E-state index is 13.0. The van der Waals surface area contributed by atoms with Crippen LogP contribution in [-0.4, -0.2) is 50.9 Å². The summed E-state index contributed by atoms with van der Waals surface area (Å²) in [5.74, 6) is -0.150. The molecule has 3 rings (SSSR count). The van der Waals surface area contributed by atoms with Gasteiger partial charge in [-0.3, -0.25) is 4.79 Å². The number of hydrogen-bond donors (Lipinski definition) is 0. The number of carbonyl (C=O) groups excluding carboxylic acids is 1. The van der Waals surface area contributed by atoms with E-state index in [1.165, 1.54) is 18.2 Å². The van der Waals surface area contributed by atoms with Crippen LogP contribution in [0.2, 0.25) is 0 Å². The maximum Gasteiger partial charge on any atom is 0.501 e. The van der Waals surface area contributed by atoms with E-state index in [9.17, 15) is 26.4 Å². The van der Waals surface area contributed by atoms with E-state index in [0.717, 1.165) is 18.1 Å². The van der Waals surface area contributed by atoms with E-state index in [1.54, 1.807) is 21.9 Å². The van der Waals surface area contributed by atoms with E-state index in [1.807, 2.05) is 19.1 Å². The molecule has 1 heterocycles. The number of sulfone groups is 1. The van der Waals surface area contributed by atoms with Gasteiger partial charge in [0.05, 0.1) is 10.6 Å². The van der Waals surface area contributed by atoms with Crippen molar-refractivity contribution in [2.75, 3.05) is 31.1 Å². The van der Waals surface area contributed by atoms with Crippen molar-refractivity contribution in [2.24, 2.45) is 0 Å². The zero-order valence-corrected chi connectivity index (χ0v) is 16.6. The van der Waals surface area contributed by atoms with Crippen molar-refractivity contribution in [1.29, 1.82) is 0 Å². The zero-order valence-electron chi connectivity index (χ0n) is 15.8. The Labute approximate surface area is 167 Å². The highest BCUT2D eigenvalue weighted by Gasteiger charge is 2.48. The molecule has 0 N–H and O–H groups in total. The molecule has 9 heteroatoms. The van der Waals surface area contributed by atoms with Crippen molar-refractivity contribution < 1.29 is 26.4 Å². The van der Waals surface area contributed by atoms with Gasteiger partial charge in [0.1, 0.15) is 0 Å². The van der Waals surface area contributed by atoms with Crippen LogP contribution in [0.5, 0.6) is 0 Å². The van der Waals surface area contributed by atoms with E-state index < -0.39 is 20.2 Å². The third-order valence-corrected chi connectivity index (χ3v) is 6.51. The highest BCUT2D eigenvalue weighted by atomic mass is 32.2. The fraction of sp³-hybridized carbons (Fsp3) is 0.350. The Morgan fingerprint density at radius 3 is 2.10 bits per heavy atom. The maximum absolute atomic E-state index is 13.0. The number of aryl methyl sites for hydroxylation is 1. The van der Waals surface area contributed by atoms with Crippen molar-refractivity contribution in [3.8, 4) is 0 Å². The number of hydrogen-bond acceptors (Lipinski definition) is 4. The molecule has 1 amide bonds. The van der Waals surface area contributed by atoms with E-state index in [-0.39, 0.29) is 37.8 Å². The number of halogens is 3. The molecule has 0 aromatic heterocycles. The Morgan fingerprint density at radius 2 is 1.55 bits per heavy atom. The number of rotatable bonds is 4. The van der Waals surface area contributed by atoms with Gasteiger partial charge >= 0.3 is 5.51 Å². The van der Waals surface area contributed by atoms with Gasteiger partial charge in [0.2, 0.25) is 0 Å². The molecule has 1 aliphatic rings. The predicted octanol–water partition coefficient (Wildman–Crippen LogP) is 3.50. The van der Waals surface area contributed by atoms with Crippen LogP contribution in [0.25, 0.3) is 0 Å². The molecule has 0 bridgehead atoms. The summed E-state index contributed by atoms with van der Waals surface area (Å²) < 4.78 is 62.9. The Balaban J connectivity index is 1.75. The molecule has 0 radical (unpaired) electrons. The van der Waals surface area contributed by atoms with Crippen molar-refractivity contribution in [2.45, 2.75) is 23.7 Å². The number of piperazine rings is 1. The summed E-state index contributed by atoms with van der Waals surface area (Å²) in [5.41, 5.74) is -3.69. The summed E-state index contributed by atoms with van der Waals surface area (Å²) in [5, 5.41) is 0. The Kier molecular flexibility index (Phi) is 5.88. The minimum Gasteiger partial charge on any atom is -0.367 e. The third-order valence-electron chi connectivity index (χ3n) is 4.98. The molecule has 0 aliphatic carbocycles. The predicted molar refractivity (Wildman–Crippen MR) is 104 cm³/mol. The molecule has 156 valence electrons. The van der Waals surface area contributed by atoms with Crippen LogP contribution in [0.3, 0.4) is 0 Å². The second kappa shape index (κ2) is 8.06. The van der Waals surface area contributed by atoms with Crippen LogP contribution in [0, 0.1) is 0 Å². The first-order valence-corrected chi connectivity index (χ1v) is 10.7. The topological polar surface area (TPSA) is 57.7 Å². The summed E-state index contributed by atoms with van der Waals surface area (Å²) in [6, 6.07) is 12.4. The van der Waals surface area contributed by atoms with Gasteiger partial charge in [-0.15, -0.1) is 0 Å². The van der Waals surface area contributed by atoms with Crippen LogP contribution in [-0.2, 0) is 16.3 Å². The number of benzene rings is 2. The zero-order chi connectivity index (χ0) is 21.2. The van der Waals surface area contributed by atoms with Gasteiger partial charge in [-0.05, 0) is 36.2 Å². The number of carbonyl (C=O) groups is 1. The lowest BCUT2D eigenvalue weighted by Crippen LogP contribution is -2.49. The Morgan fingerprint density at radius 1 is 0.966 bits per heavy atom. The first-order valence-electron chi connectivity index (χ1n) is 9.18. The molecule has 0 atom stereocenters. The van der Waals surface area contributed by atoms with E-state index in [4.69, 9.17) is 0 Å². The molecule has 2 aromatic carbocycles. The van der Waals surface area contributed by atoms with E-state index in [0.29, 0.717) is 5.56 Å². The minimum absolute atomic E-state index is 0.00391. The molecule has 0 spiro atoms. The van der Waals surface area contributed by atoms with Gasteiger partial charge in [0.25, 0.3) is 15.7 Å². The lowest BCUT2D eigenvalue weighted by atomic mass is 10.1. The lowest BCUT2D eigenvalue weighted by Gasteiger charge is -2.37. The fourth-order valence-corrected chi connectivity index (χ4v) is 4.27.